The average Bonchev–Trinajstić information content (AvgIpc) is 2.76. The minimum atomic E-state index is -3.62. The lowest BCUT2D eigenvalue weighted by molar-refractivity contribution is 0.121. The minimum absolute atomic E-state index is 0.102. The first kappa shape index (κ1) is 16.9. The summed E-state index contributed by atoms with van der Waals surface area (Å²) in [5.41, 5.74) is 0. The van der Waals surface area contributed by atoms with Gasteiger partial charge >= 0.3 is 0 Å². The molecule has 19 heavy (non-hydrogen) atoms. The van der Waals surface area contributed by atoms with Crippen molar-refractivity contribution in [3.05, 3.63) is 16.5 Å². The zero-order chi connectivity index (χ0) is 14.6. The third-order valence-electron chi connectivity index (χ3n) is 3.18. The van der Waals surface area contributed by atoms with Crippen LogP contribution in [0.1, 0.15) is 33.6 Å². The molecule has 0 aliphatic rings. The molecular formula is C12H20ClNO3S2. The van der Waals surface area contributed by atoms with Crippen LogP contribution in [0.4, 0.5) is 0 Å². The highest BCUT2D eigenvalue weighted by Crippen LogP contribution is 2.27. The molecule has 0 aromatic carbocycles. The third-order valence-corrected chi connectivity index (χ3v) is 6.36. The van der Waals surface area contributed by atoms with Gasteiger partial charge in [0.2, 0.25) is 10.0 Å². The molecule has 0 radical (unpaired) electrons. The fraction of sp³-hybridized carbons (Fsp3) is 0.667. The molecule has 7 heteroatoms. The highest BCUT2D eigenvalue weighted by molar-refractivity contribution is 7.91. The van der Waals surface area contributed by atoms with Gasteiger partial charge in [-0.15, -0.1) is 11.3 Å². The fourth-order valence-electron chi connectivity index (χ4n) is 2.06. The van der Waals surface area contributed by atoms with Gasteiger partial charge < -0.3 is 5.11 Å². The molecule has 0 aliphatic carbocycles. The van der Waals surface area contributed by atoms with Crippen molar-refractivity contribution in [1.82, 2.24) is 4.72 Å². The first-order valence-corrected chi connectivity index (χ1v) is 8.95. The zero-order valence-corrected chi connectivity index (χ0v) is 13.6. The van der Waals surface area contributed by atoms with Crippen molar-refractivity contribution < 1.29 is 13.5 Å². The summed E-state index contributed by atoms with van der Waals surface area (Å²) in [5, 5.41) is 9.81. The lowest BCUT2D eigenvalue weighted by Gasteiger charge is -2.28. The number of thiophene rings is 1. The molecule has 0 fully saturated rings. The Hall–Kier alpha value is -0.140. The van der Waals surface area contributed by atoms with Crippen molar-refractivity contribution in [3.63, 3.8) is 0 Å². The van der Waals surface area contributed by atoms with Crippen LogP contribution in [0.2, 0.25) is 4.34 Å². The molecule has 4 nitrogen and oxygen atoms in total. The average molecular weight is 326 g/mol. The highest BCUT2D eigenvalue weighted by Gasteiger charge is 2.29. The van der Waals surface area contributed by atoms with Crippen LogP contribution in [-0.4, -0.2) is 25.7 Å². The second-order valence-corrected chi connectivity index (χ2v) is 8.18. The van der Waals surface area contributed by atoms with E-state index in [0.29, 0.717) is 4.34 Å². The lowest BCUT2D eigenvalue weighted by Crippen LogP contribution is -2.46. The van der Waals surface area contributed by atoms with Gasteiger partial charge in [-0.3, -0.25) is 0 Å². The van der Waals surface area contributed by atoms with Crippen LogP contribution in [-0.2, 0) is 10.0 Å². The maximum atomic E-state index is 12.2. The molecule has 1 unspecified atom stereocenters. The van der Waals surface area contributed by atoms with E-state index in [1.807, 2.05) is 13.8 Å². The van der Waals surface area contributed by atoms with Gasteiger partial charge in [0.05, 0.1) is 16.5 Å². The second-order valence-electron chi connectivity index (χ2n) is 4.52. The SMILES string of the molecule is CCC(CC)[C@H](NS(=O)(=O)c1ccc(Cl)s1)C(C)O. The van der Waals surface area contributed by atoms with Crippen LogP contribution in [0.25, 0.3) is 0 Å². The molecule has 0 amide bonds. The number of aliphatic hydroxyl groups is 1. The van der Waals surface area contributed by atoms with Crippen LogP contribution in [0.5, 0.6) is 0 Å². The van der Waals surface area contributed by atoms with E-state index >= 15 is 0 Å². The van der Waals surface area contributed by atoms with Crippen molar-refractivity contribution >= 4 is 33.0 Å². The number of sulfonamides is 1. The standard InChI is InChI=1S/C12H20ClNO3S2/c1-4-9(5-2)12(8(3)15)14-19(16,17)11-7-6-10(13)18-11/h6-9,12,14-15H,4-5H2,1-3H3/t8?,12-/m1/s1. The molecule has 0 saturated heterocycles. The van der Waals surface area contributed by atoms with Gasteiger partial charge in [0.25, 0.3) is 0 Å². The second kappa shape index (κ2) is 7.04. The number of nitrogens with one attached hydrogen (secondary N) is 1. The van der Waals surface area contributed by atoms with Gasteiger partial charge in [-0.2, -0.15) is 0 Å². The van der Waals surface area contributed by atoms with Crippen LogP contribution < -0.4 is 4.72 Å². The van der Waals surface area contributed by atoms with Gasteiger partial charge in [-0.05, 0) is 25.0 Å². The van der Waals surface area contributed by atoms with Gasteiger partial charge in [0, 0.05) is 0 Å². The number of halogens is 1. The van der Waals surface area contributed by atoms with Crippen LogP contribution in [0.3, 0.4) is 0 Å². The summed E-state index contributed by atoms with van der Waals surface area (Å²) in [7, 11) is -3.62. The van der Waals surface area contributed by atoms with Crippen molar-refractivity contribution in [3.8, 4) is 0 Å². The van der Waals surface area contributed by atoms with Gasteiger partial charge in [0.15, 0.2) is 0 Å². The summed E-state index contributed by atoms with van der Waals surface area (Å²) in [6.07, 6.45) is 0.870. The smallest absolute Gasteiger partial charge is 0.250 e. The van der Waals surface area contributed by atoms with E-state index in [0.717, 1.165) is 24.2 Å². The Morgan fingerprint density at radius 2 is 1.95 bits per heavy atom. The molecular weight excluding hydrogens is 306 g/mol. The maximum absolute atomic E-state index is 12.2. The minimum Gasteiger partial charge on any atom is -0.392 e. The Kier molecular flexibility index (Phi) is 6.26. The quantitative estimate of drug-likeness (QED) is 0.810. The van der Waals surface area contributed by atoms with E-state index in [4.69, 9.17) is 11.6 Å². The summed E-state index contributed by atoms with van der Waals surface area (Å²) in [6.45, 7) is 5.58. The molecule has 0 saturated carbocycles. The molecule has 0 spiro atoms. The van der Waals surface area contributed by atoms with Crippen molar-refractivity contribution in [1.29, 1.82) is 0 Å². The summed E-state index contributed by atoms with van der Waals surface area (Å²) in [6, 6.07) is 2.54. The van der Waals surface area contributed by atoms with E-state index in [-0.39, 0.29) is 10.1 Å². The normalized spacial score (nSPS) is 15.7. The molecule has 110 valence electrons. The largest absolute Gasteiger partial charge is 0.392 e. The Morgan fingerprint density at radius 1 is 1.37 bits per heavy atom. The highest BCUT2D eigenvalue weighted by atomic mass is 35.5. The predicted octanol–water partition coefficient (Wildman–Crippen LogP) is 2.87. The molecule has 1 aromatic rings. The van der Waals surface area contributed by atoms with Crippen molar-refractivity contribution in [2.24, 2.45) is 5.92 Å². The van der Waals surface area contributed by atoms with Crippen molar-refractivity contribution in [2.45, 2.75) is 50.0 Å². The first-order valence-electron chi connectivity index (χ1n) is 6.27. The van der Waals surface area contributed by atoms with E-state index < -0.39 is 22.2 Å². The third kappa shape index (κ3) is 4.43. The summed E-state index contributed by atoms with van der Waals surface area (Å²) in [5.74, 6) is 0.102. The van der Waals surface area contributed by atoms with Crippen LogP contribution >= 0.6 is 22.9 Å². The topological polar surface area (TPSA) is 66.4 Å². The number of hydrogen-bond acceptors (Lipinski definition) is 4. The number of hydrogen-bond donors (Lipinski definition) is 2. The Labute approximate surface area is 123 Å². The fourth-order valence-corrected chi connectivity index (χ4v) is 4.94. The number of rotatable bonds is 7. The van der Waals surface area contributed by atoms with Gasteiger partial charge in [-0.25, -0.2) is 13.1 Å². The Bertz CT molecular complexity index is 495. The Morgan fingerprint density at radius 3 is 2.32 bits per heavy atom. The summed E-state index contributed by atoms with van der Waals surface area (Å²) < 4.78 is 27.7. The van der Waals surface area contributed by atoms with Crippen molar-refractivity contribution in [2.75, 3.05) is 0 Å². The summed E-state index contributed by atoms with van der Waals surface area (Å²) >= 11 is 6.77. The van der Waals surface area contributed by atoms with Crippen LogP contribution in [0.15, 0.2) is 16.3 Å². The lowest BCUT2D eigenvalue weighted by atomic mass is 9.92. The molecule has 0 aliphatic heterocycles. The zero-order valence-electron chi connectivity index (χ0n) is 11.3. The van der Waals surface area contributed by atoms with Gasteiger partial charge in [-0.1, -0.05) is 38.3 Å². The summed E-state index contributed by atoms with van der Waals surface area (Å²) in [4.78, 5) is 0. The van der Waals surface area contributed by atoms with Crippen LogP contribution in [0, 0.1) is 5.92 Å². The first-order chi connectivity index (χ1) is 8.81. The molecule has 1 rings (SSSR count). The van der Waals surface area contributed by atoms with Gasteiger partial charge in [0.1, 0.15) is 4.21 Å². The monoisotopic (exact) mass is 325 g/mol. The van der Waals surface area contributed by atoms with E-state index in [1.54, 1.807) is 13.0 Å². The maximum Gasteiger partial charge on any atom is 0.250 e. The molecule has 2 N–H and O–H groups in total. The molecule has 2 atom stereocenters. The molecule has 1 heterocycles. The molecule has 0 bridgehead atoms. The Balaban J connectivity index is 2.96. The van der Waals surface area contributed by atoms with E-state index in [2.05, 4.69) is 4.72 Å². The molecule has 1 aromatic heterocycles. The van der Waals surface area contributed by atoms with E-state index in [9.17, 15) is 13.5 Å². The van der Waals surface area contributed by atoms with E-state index in [1.165, 1.54) is 6.07 Å². The predicted molar refractivity (Wildman–Crippen MR) is 79.2 cm³/mol. The number of aliphatic hydroxyl groups excluding tert-OH is 1.